The Bertz CT molecular complexity index is 637. The first-order valence-corrected chi connectivity index (χ1v) is 7.02. The smallest absolute Gasteiger partial charge is 0.377 e. The van der Waals surface area contributed by atoms with Crippen LogP contribution in [0.1, 0.15) is 28.7 Å². The standard InChI is InChI=1S/C16H18N2O4/c1-11-10-14(22-18-11)16(20)21-12(2)15(19)17-9-8-13-6-4-3-5-7-13/h3-7,10,12H,8-9H2,1-2H3,(H,17,19)/t12-/m0/s1. The van der Waals surface area contributed by atoms with Crippen LogP contribution in [-0.2, 0) is 16.0 Å². The molecule has 0 spiro atoms. The number of esters is 1. The van der Waals surface area contributed by atoms with Crippen molar-refractivity contribution in [3.63, 3.8) is 0 Å². The lowest BCUT2D eigenvalue weighted by Crippen LogP contribution is -2.36. The topological polar surface area (TPSA) is 81.4 Å². The number of amides is 1. The second-order valence-corrected chi connectivity index (χ2v) is 4.91. The molecule has 1 atom stereocenters. The summed E-state index contributed by atoms with van der Waals surface area (Å²) < 4.78 is 9.82. The fourth-order valence-corrected chi connectivity index (χ4v) is 1.85. The molecule has 0 unspecified atom stereocenters. The molecule has 0 saturated heterocycles. The van der Waals surface area contributed by atoms with Crippen molar-refractivity contribution in [1.29, 1.82) is 0 Å². The average molecular weight is 302 g/mol. The van der Waals surface area contributed by atoms with Crippen molar-refractivity contribution in [3.8, 4) is 0 Å². The summed E-state index contributed by atoms with van der Waals surface area (Å²) >= 11 is 0. The van der Waals surface area contributed by atoms with Gasteiger partial charge < -0.3 is 14.6 Å². The number of ether oxygens (including phenoxy) is 1. The van der Waals surface area contributed by atoms with Crippen molar-refractivity contribution in [2.45, 2.75) is 26.4 Å². The van der Waals surface area contributed by atoms with E-state index in [-0.39, 0.29) is 11.7 Å². The van der Waals surface area contributed by atoms with Gasteiger partial charge in [0.1, 0.15) is 0 Å². The van der Waals surface area contributed by atoms with E-state index in [0.717, 1.165) is 5.56 Å². The van der Waals surface area contributed by atoms with Crippen LogP contribution in [0.3, 0.4) is 0 Å². The van der Waals surface area contributed by atoms with Gasteiger partial charge in [0, 0.05) is 12.6 Å². The Morgan fingerprint density at radius 2 is 2.05 bits per heavy atom. The highest BCUT2D eigenvalue weighted by Gasteiger charge is 2.21. The molecular weight excluding hydrogens is 284 g/mol. The van der Waals surface area contributed by atoms with Crippen molar-refractivity contribution in [1.82, 2.24) is 10.5 Å². The second kappa shape index (κ2) is 7.40. The summed E-state index contributed by atoms with van der Waals surface area (Å²) in [6.07, 6.45) is -0.178. The van der Waals surface area contributed by atoms with Gasteiger partial charge in [-0.15, -0.1) is 0 Å². The number of rotatable bonds is 6. The molecule has 0 aliphatic rings. The molecule has 0 radical (unpaired) electrons. The molecule has 6 nitrogen and oxygen atoms in total. The monoisotopic (exact) mass is 302 g/mol. The van der Waals surface area contributed by atoms with E-state index < -0.39 is 12.1 Å². The molecule has 0 fully saturated rings. The third kappa shape index (κ3) is 4.44. The molecule has 0 saturated carbocycles. The maximum absolute atomic E-state index is 11.9. The molecular formula is C16H18N2O4. The van der Waals surface area contributed by atoms with Crippen LogP contribution in [0, 0.1) is 6.92 Å². The van der Waals surface area contributed by atoms with Crippen LogP contribution in [0.25, 0.3) is 0 Å². The summed E-state index contributed by atoms with van der Waals surface area (Å²) in [5.41, 5.74) is 1.71. The van der Waals surface area contributed by atoms with Crippen LogP contribution in [0.4, 0.5) is 0 Å². The van der Waals surface area contributed by atoms with Gasteiger partial charge in [-0.2, -0.15) is 0 Å². The highest BCUT2D eigenvalue weighted by molar-refractivity contribution is 5.89. The van der Waals surface area contributed by atoms with Crippen LogP contribution in [0.5, 0.6) is 0 Å². The Balaban J connectivity index is 1.76. The molecule has 1 aromatic heterocycles. The van der Waals surface area contributed by atoms with E-state index >= 15 is 0 Å². The number of carbonyl (C=O) groups is 2. The van der Waals surface area contributed by atoms with E-state index in [9.17, 15) is 9.59 Å². The number of hydrogen-bond acceptors (Lipinski definition) is 5. The molecule has 2 rings (SSSR count). The Morgan fingerprint density at radius 1 is 1.32 bits per heavy atom. The van der Waals surface area contributed by atoms with Crippen LogP contribution in [0.15, 0.2) is 40.9 Å². The van der Waals surface area contributed by atoms with Crippen LogP contribution < -0.4 is 5.32 Å². The summed E-state index contributed by atoms with van der Waals surface area (Å²) in [7, 11) is 0. The minimum atomic E-state index is -0.895. The fraction of sp³-hybridized carbons (Fsp3) is 0.312. The zero-order valence-corrected chi connectivity index (χ0v) is 12.5. The van der Waals surface area contributed by atoms with Gasteiger partial charge >= 0.3 is 5.97 Å². The number of aryl methyl sites for hydroxylation is 1. The van der Waals surface area contributed by atoms with Gasteiger partial charge in [-0.05, 0) is 25.8 Å². The van der Waals surface area contributed by atoms with Crippen LogP contribution in [0.2, 0.25) is 0 Å². The number of nitrogens with zero attached hydrogens (tertiary/aromatic N) is 1. The van der Waals surface area contributed by atoms with E-state index in [2.05, 4.69) is 10.5 Å². The molecule has 1 N–H and O–H groups in total. The Hall–Kier alpha value is -2.63. The fourth-order valence-electron chi connectivity index (χ4n) is 1.85. The molecule has 116 valence electrons. The summed E-state index contributed by atoms with van der Waals surface area (Å²) in [5.74, 6) is -1.06. The molecule has 22 heavy (non-hydrogen) atoms. The summed E-state index contributed by atoms with van der Waals surface area (Å²) in [6, 6.07) is 11.3. The molecule has 6 heteroatoms. The number of hydrogen-bond donors (Lipinski definition) is 1. The summed E-state index contributed by atoms with van der Waals surface area (Å²) in [4.78, 5) is 23.6. The quantitative estimate of drug-likeness (QED) is 0.824. The second-order valence-electron chi connectivity index (χ2n) is 4.91. The van der Waals surface area contributed by atoms with E-state index in [1.54, 1.807) is 6.92 Å². The number of aromatic nitrogens is 1. The average Bonchev–Trinajstić information content (AvgIpc) is 2.95. The van der Waals surface area contributed by atoms with Crippen molar-refractivity contribution in [2.24, 2.45) is 0 Å². The predicted octanol–water partition coefficient (Wildman–Crippen LogP) is 1.89. The van der Waals surface area contributed by atoms with Crippen LogP contribution >= 0.6 is 0 Å². The minimum Gasteiger partial charge on any atom is -0.447 e. The first-order valence-electron chi connectivity index (χ1n) is 7.02. The lowest BCUT2D eigenvalue weighted by atomic mass is 10.1. The van der Waals surface area contributed by atoms with E-state index in [1.165, 1.54) is 13.0 Å². The van der Waals surface area contributed by atoms with Gasteiger partial charge in [0.15, 0.2) is 6.10 Å². The highest BCUT2D eigenvalue weighted by atomic mass is 16.6. The van der Waals surface area contributed by atoms with Gasteiger partial charge in [-0.3, -0.25) is 4.79 Å². The third-order valence-electron chi connectivity index (χ3n) is 3.04. The van der Waals surface area contributed by atoms with E-state index in [0.29, 0.717) is 18.7 Å². The third-order valence-corrected chi connectivity index (χ3v) is 3.04. The number of carbonyl (C=O) groups excluding carboxylic acids is 2. The Morgan fingerprint density at radius 3 is 2.68 bits per heavy atom. The minimum absolute atomic E-state index is 0.0126. The predicted molar refractivity (Wildman–Crippen MR) is 79.3 cm³/mol. The van der Waals surface area contributed by atoms with Crippen molar-refractivity contribution in [3.05, 3.63) is 53.4 Å². The largest absolute Gasteiger partial charge is 0.447 e. The normalized spacial score (nSPS) is 11.7. The van der Waals surface area contributed by atoms with Crippen LogP contribution in [-0.4, -0.2) is 29.7 Å². The van der Waals surface area contributed by atoms with Gasteiger partial charge in [0.05, 0.1) is 5.69 Å². The van der Waals surface area contributed by atoms with Gasteiger partial charge in [-0.25, -0.2) is 4.79 Å². The molecule has 0 aliphatic heterocycles. The first kappa shape index (κ1) is 15.8. The van der Waals surface area contributed by atoms with Gasteiger partial charge in [0.25, 0.3) is 5.91 Å². The Labute approximate surface area is 128 Å². The molecule has 2 aromatic rings. The highest BCUT2D eigenvalue weighted by Crippen LogP contribution is 2.06. The van der Waals surface area contributed by atoms with Crippen molar-refractivity contribution in [2.75, 3.05) is 6.54 Å². The van der Waals surface area contributed by atoms with Gasteiger partial charge in [0.2, 0.25) is 5.76 Å². The molecule has 0 aliphatic carbocycles. The SMILES string of the molecule is Cc1cc(C(=O)O[C@@H](C)C(=O)NCCc2ccccc2)on1. The molecule has 1 heterocycles. The Kier molecular flexibility index (Phi) is 5.30. The lowest BCUT2D eigenvalue weighted by Gasteiger charge is -2.12. The maximum Gasteiger partial charge on any atom is 0.377 e. The van der Waals surface area contributed by atoms with E-state index in [1.807, 2.05) is 30.3 Å². The number of nitrogens with one attached hydrogen (secondary N) is 1. The first-order chi connectivity index (χ1) is 10.6. The zero-order chi connectivity index (χ0) is 15.9. The molecule has 1 amide bonds. The van der Waals surface area contributed by atoms with Gasteiger partial charge in [-0.1, -0.05) is 35.5 Å². The maximum atomic E-state index is 11.9. The van der Waals surface area contributed by atoms with E-state index in [4.69, 9.17) is 9.26 Å². The summed E-state index contributed by atoms with van der Waals surface area (Å²) in [5, 5.41) is 6.33. The van der Waals surface area contributed by atoms with Crippen molar-refractivity contribution >= 4 is 11.9 Å². The summed E-state index contributed by atoms with van der Waals surface area (Å²) in [6.45, 7) is 3.69. The van der Waals surface area contributed by atoms with Crippen molar-refractivity contribution < 1.29 is 18.8 Å². The number of benzene rings is 1. The zero-order valence-electron chi connectivity index (χ0n) is 12.5. The molecule has 0 bridgehead atoms. The lowest BCUT2D eigenvalue weighted by molar-refractivity contribution is -0.129. The molecule has 1 aromatic carbocycles.